The molecule has 6 heteroatoms. The Kier molecular flexibility index (Phi) is 8.84. The first-order chi connectivity index (χ1) is 19.0. The third-order valence-corrected chi connectivity index (χ3v) is 8.37. The zero-order chi connectivity index (χ0) is 27.4. The maximum atomic E-state index is 12.4. The molecule has 0 radical (unpaired) electrons. The molecule has 1 aromatic heterocycles. The number of hydrogen-bond donors (Lipinski definition) is 1. The predicted octanol–water partition coefficient (Wildman–Crippen LogP) is 9.58. The van der Waals surface area contributed by atoms with Gasteiger partial charge in [0, 0.05) is 21.2 Å². The summed E-state index contributed by atoms with van der Waals surface area (Å²) >= 11 is 12.6. The molecule has 202 valence electrons. The van der Waals surface area contributed by atoms with Crippen molar-refractivity contribution in [2.75, 3.05) is 0 Å². The number of halogens is 2. The topological polar surface area (TPSA) is 63.1 Å². The summed E-state index contributed by atoms with van der Waals surface area (Å²) in [7, 11) is 0. The molecule has 4 nitrogen and oxygen atoms in total. The van der Waals surface area contributed by atoms with E-state index in [1.807, 2.05) is 43.3 Å². The number of rotatable bonds is 6. The van der Waals surface area contributed by atoms with Gasteiger partial charge >= 0.3 is 5.97 Å². The highest BCUT2D eigenvalue weighted by Gasteiger charge is 2.28. The van der Waals surface area contributed by atoms with E-state index in [1.54, 1.807) is 0 Å². The third-order valence-electron chi connectivity index (χ3n) is 7.87. The lowest BCUT2D eigenvalue weighted by molar-refractivity contribution is 0.0688. The average molecular weight is 562 g/mol. The number of allylic oxidation sites excluding steroid dienone is 2. The lowest BCUT2D eigenvalue weighted by Gasteiger charge is -2.25. The van der Waals surface area contributed by atoms with Gasteiger partial charge in [-0.2, -0.15) is 0 Å². The number of benzene rings is 2. The lowest BCUT2D eigenvalue weighted by atomic mass is 9.82. The average Bonchev–Trinajstić information content (AvgIpc) is 2.96. The van der Waals surface area contributed by atoms with Gasteiger partial charge < -0.3 is 5.11 Å². The number of nitrogens with zero attached hydrogens (tertiary/aromatic N) is 2. The van der Waals surface area contributed by atoms with E-state index in [9.17, 15) is 9.90 Å². The molecule has 0 spiro atoms. The second-order valence-electron chi connectivity index (χ2n) is 10.5. The monoisotopic (exact) mass is 560 g/mol. The number of carboxylic acids is 1. The normalized spacial score (nSPS) is 15.8. The molecule has 0 amide bonds. The van der Waals surface area contributed by atoms with Crippen molar-refractivity contribution in [3.8, 4) is 0 Å². The predicted molar refractivity (Wildman–Crippen MR) is 159 cm³/mol. The fraction of sp³-hybridized carbons (Fsp3) is 0.364. The van der Waals surface area contributed by atoms with E-state index >= 15 is 0 Å². The second kappa shape index (κ2) is 12.5. The van der Waals surface area contributed by atoms with Crippen molar-refractivity contribution in [2.24, 2.45) is 0 Å². The van der Waals surface area contributed by atoms with Crippen LogP contribution in [0.3, 0.4) is 0 Å². The minimum atomic E-state index is -1.05. The molecule has 2 aromatic carbocycles. The summed E-state index contributed by atoms with van der Waals surface area (Å²) < 4.78 is 0. The van der Waals surface area contributed by atoms with Gasteiger partial charge in [-0.05, 0) is 93.2 Å². The first-order valence-corrected chi connectivity index (χ1v) is 14.8. The second-order valence-corrected chi connectivity index (χ2v) is 11.3. The molecule has 2 aliphatic carbocycles. The third kappa shape index (κ3) is 6.13. The Bertz CT molecular complexity index is 1410. The van der Waals surface area contributed by atoms with E-state index in [-0.39, 0.29) is 5.69 Å². The molecule has 0 atom stereocenters. The molecular weight excluding hydrogens is 527 g/mol. The van der Waals surface area contributed by atoms with Crippen LogP contribution in [0, 0.1) is 0 Å². The Morgan fingerprint density at radius 3 is 1.46 bits per heavy atom. The number of hydrogen-bond acceptors (Lipinski definition) is 3. The minimum absolute atomic E-state index is 0.0308. The van der Waals surface area contributed by atoms with Crippen LogP contribution in [0.15, 0.2) is 59.7 Å². The van der Waals surface area contributed by atoms with Crippen LogP contribution in [0.1, 0.15) is 110 Å². The van der Waals surface area contributed by atoms with Crippen LogP contribution in [0.5, 0.6) is 0 Å². The molecule has 2 aliphatic rings. The number of aromatic carboxylic acids is 1. The number of aromatic nitrogens is 2. The van der Waals surface area contributed by atoms with E-state index in [2.05, 4.69) is 12.1 Å². The van der Waals surface area contributed by atoms with Gasteiger partial charge in [-0.25, -0.2) is 14.8 Å². The van der Waals surface area contributed by atoms with Gasteiger partial charge in [-0.1, -0.05) is 78.4 Å². The standard InChI is InChI=1S/C33H34Cl2N2O2/c1-2-27-30(33(38)39)37-32(29(22-11-7-4-8-12-22)24-15-19-26(35)20-16-24)31(36-27)28(21-9-5-3-6-10-21)23-13-17-25(34)18-14-23/h13-20H,2-12H2,1H3,(H,38,39). The van der Waals surface area contributed by atoms with Crippen molar-refractivity contribution in [3.63, 3.8) is 0 Å². The van der Waals surface area contributed by atoms with Gasteiger partial charge in [0.15, 0.2) is 5.69 Å². The van der Waals surface area contributed by atoms with Gasteiger partial charge in [0.1, 0.15) is 0 Å². The number of carboxylic acid groups (broad SMARTS) is 1. The lowest BCUT2D eigenvalue weighted by Crippen LogP contribution is -2.16. The molecule has 2 saturated carbocycles. The van der Waals surface area contributed by atoms with Crippen LogP contribution >= 0.6 is 23.2 Å². The van der Waals surface area contributed by atoms with Crippen LogP contribution in [0.25, 0.3) is 11.1 Å². The zero-order valence-electron chi connectivity index (χ0n) is 22.4. The highest BCUT2D eigenvalue weighted by atomic mass is 35.5. The Balaban J connectivity index is 1.87. The van der Waals surface area contributed by atoms with Gasteiger partial charge in [0.05, 0.1) is 17.1 Å². The van der Waals surface area contributed by atoms with Crippen molar-refractivity contribution >= 4 is 40.3 Å². The SMILES string of the molecule is CCc1nc(C(=C2CCCCC2)c2ccc(Cl)cc2)c(C(=C2CCCCC2)c2ccc(Cl)cc2)nc1C(=O)O. The molecule has 0 aliphatic heterocycles. The minimum Gasteiger partial charge on any atom is -0.476 e. The first kappa shape index (κ1) is 27.6. The fourth-order valence-corrected chi connectivity index (χ4v) is 6.20. The molecule has 39 heavy (non-hydrogen) atoms. The Labute approximate surface area is 240 Å². The summed E-state index contributed by atoms with van der Waals surface area (Å²) in [6.07, 6.45) is 11.3. The van der Waals surface area contributed by atoms with Crippen LogP contribution in [-0.4, -0.2) is 21.0 Å². The summed E-state index contributed by atoms with van der Waals surface area (Å²) in [5, 5.41) is 11.5. The first-order valence-electron chi connectivity index (χ1n) is 14.1. The van der Waals surface area contributed by atoms with E-state index in [4.69, 9.17) is 33.2 Å². The molecule has 5 rings (SSSR count). The van der Waals surface area contributed by atoms with Crippen LogP contribution in [-0.2, 0) is 6.42 Å². The quantitative estimate of drug-likeness (QED) is 0.326. The molecule has 0 saturated heterocycles. The van der Waals surface area contributed by atoms with Crippen LogP contribution in [0.2, 0.25) is 10.0 Å². The van der Waals surface area contributed by atoms with E-state index in [0.29, 0.717) is 27.9 Å². The number of aryl methyl sites for hydroxylation is 1. The fourth-order valence-electron chi connectivity index (χ4n) is 5.94. The summed E-state index contributed by atoms with van der Waals surface area (Å²) in [4.78, 5) is 22.6. The highest BCUT2D eigenvalue weighted by Crippen LogP contribution is 2.41. The van der Waals surface area contributed by atoms with Crippen molar-refractivity contribution in [1.29, 1.82) is 0 Å². The van der Waals surface area contributed by atoms with Crippen LogP contribution < -0.4 is 0 Å². The molecule has 0 unspecified atom stereocenters. The molecule has 1 heterocycles. The van der Waals surface area contributed by atoms with Gasteiger partial charge in [0.2, 0.25) is 0 Å². The van der Waals surface area contributed by atoms with E-state index in [1.165, 1.54) is 24.0 Å². The van der Waals surface area contributed by atoms with Crippen molar-refractivity contribution < 1.29 is 9.90 Å². The Hall–Kier alpha value is -2.95. The summed E-state index contributed by atoms with van der Waals surface area (Å²) in [6.45, 7) is 1.94. The highest BCUT2D eigenvalue weighted by molar-refractivity contribution is 6.30. The van der Waals surface area contributed by atoms with Crippen molar-refractivity contribution in [1.82, 2.24) is 9.97 Å². The molecule has 1 N–H and O–H groups in total. The smallest absolute Gasteiger partial charge is 0.356 e. The van der Waals surface area contributed by atoms with Gasteiger partial charge in [-0.3, -0.25) is 0 Å². The zero-order valence-corrected chi connectivity index (χ0v) is 23.9. The summed E-state index contributed by atoms with van der Waals surface area (Å²) in [6, 6.07) is 15.8. The van der Waals surface area contributed by atoms with Gasteiger partial charge in [-0.15, -0.1) is 0 Å². The Morgan fingerprint density at radius 1 is 0.667 bits per heavy atom. The molecular formula is C33H34Cl2N2O2. The van der Waals surface area contributed by atoms with Crippen molar-refractivity contribution in [3.05, 3.63) is 104 Å². The molecule has 0 bridgehead atoms. The van der Waals surface area contributed by atoms with E-state index < -0.39 is 5.97 Å². The maximum absolute atomic E-state index is 12.4. The van der Waals surface area contributed by atoms with Gasteiger partial charge in [0.25, 0.3) is 0 Å². The molecule has 3 aromatic rings. The maximum Gasteiger partial charge on any atom is 0.356 e. The van der Waals surface area contributed by atoms with Crippen LogP contribution in [0.4, 0.5) is 0 Å². The van der Waals surface area contributed by atoms with Crippen molar-refractivity contribution in [2.45, 2.75) is 77.6 Å². The summed E-state index contributed by atoms with van der Waals surface area (Å²) in [5.41, 5.74) is 8.75. The number of carbonyl (C=O) groups is 1. The summed E-state index contributed by atoms with van der Waals surface area (Å²) in [5.74, 6) is -1.05. The molecule has 2 fully saturated rings. The van der Waals surface area contributed by atoms with E-state index in [0.717, 1.165) is 79.3 Å². The largest absolute Gasteiger partial charge is 0.476 e. The Morgan fingerprint density at radius 2 is 1.08 bits per heavy atom.